The smallest absolute Gasteiger partial charge is 0.409 e. The van der Waals surface area contributed by atoms with Gasteiger partial charge in [0.05, 0.1) is 6.61 Å². The molecule has 0 atom stereocenters. The second-order valence-corrected chi connectivity index (χ2v) is 5.25. The Morgan fingerprint density at radius 3 is 2.50 bits per heavy atom. The lowest BCUT2D eigenvalue weighted by Crippen LogP contribution is -2.51. The number of amides is 2. The zero-order valence-corrected chi connectivity index (χ0v) is 13.2. The molecule has 0 N–H and O–H groups in total. The van der Waals surface area contributed by atoms with Crippen molar-refractivity contribution in [1.82, 2.24) is 9.80 Å². The van der Waals surface area contributed by atoms with Crippen molar-refractivity contribution in [2.75, 3.05) is 39.4 Å². The van der Waals surface area contributed by atoms with E-state index in [1.165, 1.54) is 0 Å². The highest BCUT2D eigenvalue weighted by Gasteiger charge is 2.24. The minimum Gasteiger partial charge on any atom is -0.484 e. The highest BCUT2D eigenvalue weighted by molar-refractivity contribution is 6.30. The Hall–Kier alpha value is -1.95. The van der Waals surface area contributed by atoms with Gasteiger partial charge in [-0.05, 0) is 25.1 Å². The number of carbonyl (C=O) groups excluding carboxylic acids is 2. The third-order valence-corrected chi connectivity index (χ3v) is 3.55. The van der Waals surface area contributed by atoms with Gasteiger partial charge in [0.2, 0.25) is 0 Å². The van der Waals surface area contributed by atoms with Crippen LogP contribution >= 0.6 is 11.6 Å². The average Bonchev–Trinajstić information content (AvgIpc) is 2.53. The van der Waals surface area contributed by atoms with Gasteiger partial charge in [-0.2, -0.15) is 0 Å². The van der Waals surface area contributed by atoms with Gasteiger partial charge in [-0.1, -0.05) is 17.7 Å². The number of ether oxygens (including phenoxy) is 2. The van der Waals surface area contributed by atoms with E-state index in [2.05, 4.69) is 0 Å². The Morgan fingerprint density at radius 2 is 1.86 bits per heavy atom. The second-order valence-electron chi connectivity index (χ2n) is 4.81. The van der Waals surface area contributed by atoms with E-state index in [9.17, 15) is 9.59 Å². The predicted molar refractivity (Wildman–Crippen MR) is 82.1 cm³/mol. The monoisotopic (exact) mass is 326 g/mol. The normalized spacial score (nSPS) is 14.6. The third kappa shape index (κ3) is 4.53. The summed E-state index contributed by atoms with van der Waals surface area (Å²) in [6, 6.07) is 6.91. The maximum Gasteiger partial charge on any atom is 0.409 e. The number of nitrogens with zero attached hydrogens (tertiary/aromatic N) is 2. The maximum atomic E-state index is 12.1. The molecule has 120 valence electrons. The first kappa shape index (κ1) is 16.4. The molecule has 1 aromatic rings. The third-order valence-electron chi connectivity index (χ3n) is 3.32. The molecule has 6 nitrogen and oxygen atoms in total. The lowest BCUT2D eigenvalue weighted by Gasteiger charge is -2.33. The second kappa shape index (κ2) is 7.89. The van der Waals surface area contributed by atoms with Gasteiger partial charge in [-0.3, -0.25) is 4.79 Å². The van der Waals surface area contributed by atoms with E-state index in [0.29, 0.717) is 43.6 Å². The summed E-state index contributed by atoms with van der Waals surface area (Å²) in [4.78, 5) is 27.0. The highest BCUT2D eigenvalue weighted by atomic mass is 35.5. The molecule has 1 fully saturated rings. The van der Waals surface area contributed by atoms with E-state index in [-0.39, 0.29) is 18.6 Å². The summed E-state index contributed by atoms with van der Waals surface area (Å²) < 4.78 is 10.4. The number of rotatable bonds is 4. The van der Waals surface area contributed by atoms with Crippen molar-refractivity contribution in [2.24, 2.45) is 0 Å². The molecule has 0 unspecified atom stereocenters. The van der Waals surface area contributed by atoms with E-state index in [1.54, 1.807) is 41.0 Å². The Balaban J connectivity index is 1.76. The molecule has 0 aliphatic carbocycles. The van der Waals surface area contributed by atoms with Crippen LogP contribution in [0.25, 0.3) is 0 Å². The summed E-state index contributed by atoms with van der Waals surface area (Å²) in [6.07, 6.45) is -0.329. The van der Waals surface area contributed by atoms with Gasteiger partial charge < -0.3 is 19.3 Å². The molecule has 1 heterocycles. The fraction of sp³-hybridized carbons (Fsp3) is 0.467. The van der Waals surface area contributed by atoms with Crippen molar-refractivity contribution in [1.29, 1.82) is 0 Å². The van der Waals surface area contributed by atoms with E-state index in [0.717, 1.165) is 0 Å². The number of hydrogen-bond acceptors (Lipinski definition) is 4. The predicted octanol–water partition coefficient (Wildman–Crippen LogP) is 2.02. The topological polar surface area (TPSA) is 59.1 Å². The molecule has 22 heavy (non-hydrogen) atoms. The molecule has 2 rings (SSSR count). The molecular weight excluding hydrogens is 308 g/mol. The molecule has 0 saturated carbocycles. The van der Waals surface area contributed by atoms with Crippen LogP contribution in [0.3, 0.4) is 0 Å². The van der Waals surface area contributed by atoms with Gasteiger partial charge in [0.15, 0.2) is 6.61 Å². The zero-order valence-electron chi connectivity index (χ0n) is 12.5. The minimum absolute atomic E-state index is 0.0419. The Labute approximate surface area is 134 Å². The lowest BCUT2D eigenvalue weighted by molar-refractivity contribution is -0.134. The number of hydrogen-bond donors (Lipinski definition) is 0. The Morgan fingerprint density at radius 1 is 1.18 bits per heavy atom. The van der Waals surface area contributed by atoms with E-state index < -0.39 is 0 Å². The van der Waals surface area contributed by atoms with Gasteiger partial charge in [-0.15, -0.1) is 0 Å². The Bertz CT molecular complexity index is 530. The summed E-state index contributed by atoms with van der Waals surface area (Å²) >= 11 is 5.86. The molecule has 0 radical (unpaired) electrons. The molecular formula is C15H19ClN2O4. The first-order valence-corrected chi connectivity index (χ1v) is 7.55. The quantitative estimate of drug-likeness (QED) is 0.849. The molecule has 0 aromatic heterocycles. The van der Waals surface area contributed by atoms with Gasteiger partial charge >= 0.3 is 6.09 Å². The molecule has 1 aliphatic heterocycles. The summed E-state index contributed by atoms with van der Waals surface area (Å²) in [5.41, 5.74) is 0. The zero-order chi connectivity index (χ0) is 15.9. The van der Waals surface area contributed by atoms with Crippen LogP contribution in [0.5, 0.6) is 5.75 Å². The SMILES string of the molecule is CCOC(=O)N1CCN(C(=O)COc2cccc(Cl)c2)CC1. The van der Waals surface area contributed by atoms with Crippen LogP contribution in [0, 0.1) is 0 Å². The largest absolute Gasteiger partial charge is 0.484 e. The highest BCUT2D eigenvalue weighted by Crippen LogP contribution is 2.17. The van der Waals surface area contributed by atoms with Gasteiger partial charge in [-0.25, -0.2) is 4.79 Å². The number of carbonyl (C=O) groups is 2. The van der Waals surface area contributed by atoms with Crippen molar-refractivity contribution in [3.63, 3.8) is 0 Å². The van der Waals surface area contributed by atoms with Crippen LogP contribution in [-0.4, -0.2) is 61.2 Å². The molecule has 7 heteroatoms. The summed E-state index contributed by atoms with van der Waals surface area (Å²) in [6.45, 7) is 3.99. The molecule has 0 bridgehead atoms. The van der Waals surface area contributed by atoms with Crippen LogP contribution in [0.15, 0.2) is 24.3 Å². The van der Waals surface area contributed by atoms with Crippen molar-refractivity contribution >= 4 is 23.6 Å². The van der Waals surface area contributed by atoms with Crippen LogP contribution in [0.1, 0.15) is 6.92 Å². The molecule has 2 amide bonds. The molecule has 1 saturated heterocycles. The van der Waals surface area contributed by atoms with Crippen molar-refractivity contribution < 1.29 is 19.1 Å². The van der Waals surface area contributed by atoms with Crippen LogP contribution in [0.2, 0.25) is 5.02 Å². The summed E-state index contributed by atoms with van der Waals surface area (Å²) in [5, 5.41) is 0.563. The van der Waals surface area contributed by atoms with Gasteiger partial charge in [0, 0.05) is 31.2 Å². The number of piperazine rings is 1. The van der Waals surface area contributed by atoms with E-state index in [4.69, 9.17) is 21.1 Å². The lowest BCUT2D eigenvalue weighted by atomic mass is 10.3. The number of halogens is 1. The van der Waals surface area contributed by atoms with Crippen LogP contribution < -0.4 is 4.74 Å². The maximum absolute atomic E-state index is 12.1. The molecule has 1 aliphatic rings. The molecule has 1 aromatic carbocycles. The summed E-state index contributed by atoms with van der Waals surface area (Å²) in [5.74, 6) is 0.453. The van der Waals surface area contributed by atoms with Crippen molar-refractivity contribution in [3.05, 3.63) is 29.3 Å². The minimum atomic E-state index is -0.329. The Kier molecular flexibility index (Phi) is 5.89. The van der Waals surface area contributed by atoms with E-state index in [1.807, 2.05) is 0 Å². The van der Waals surface area contributed by atoms with Crippen molar-refractivity contribution in [3.8, 4) is 5.75 Å². The fourth-order valence-electron chi connectivity index (χ4n) is 2.15. The van der Waals surface area contributed by atoms with Gasteiger partial charge in [0.1, 0.15) is 5.75 Å². The standard InChI is InChI=1S/C15H19ClN2O4/c1-2-21-15(20)18-8-6-17(7-9-18)14(19)11-22-13-5-3-4-12(16)10-13/h3-5,10H,2,6-9,11H2,1H3. The fourth-order valence-corrected chi connectivity index (χ4v) is 2.33. The van der Waals surface area contributed by atoms with Crippen molar-refractivity contribution in [2.45, 2.75) is 6.92 Å². The van der Waals surface area contributed by atoms with E-state index >= 15 is 0 Å². The van der Waals surface area contributed by atoms with Crippen LogP contribution in [0.4, 0.5) is 4.79 Å². The first-order chi connectivity index (χ1) is 10.6. The average molecular weight is 327 g/mol. The summed E-state index contributed by atoms with van der Waals surface area (Å²) in [7, 11) is 0. The number of benzene rings is 1. The van der Waals surface area contributed by atoms with Gasteiger partial charge in [0.25, 0.3) is 5.91 Å². The molecule has 0 spiro atoms. The van der Waals surface area contributed by atoms with Crippen LogP contribution in [-0.2, 0) is 9.53 Å². The first-order valence-electron chi connectivity index (χ1n) is 7.18.